The zero-order valence-electron chi connectivity index (χ0n) is 16.2. The molecule has 2 heterocycles. The van der Waals surface area contributed by atoms with E-state index < -0.39 is 5.25 Å². The summed E-state index contributed by atoms with van der Waals surface area (Å²) in [6.07, 6.45) is 0. The largest absolute Gasteiger partial charge is 0.454 e. The van der Waals surface area contributed by atoms with Crippen LogP contribution in [0.2, 0.25) is 0 Å². The Bertz CT molecular complexity index is 1080. The fourth-order valence-electron chi connectivity index (χ4n) is 2.69. The number of hydrogen-bond donors (Lipinski definition) is 2. The average Bonchev–Trinajstić information content (AvgIpc) is 3.37. The summed E-state index contributed by atoms with van der Waals surface area (Å²) in [6, 6.07) is 12.2. The summed E-state index contributed by atoms with van der Waals surface area (Å²) in [4.78, 5) is 23.5. The molecular formula is C20H18N4O5S. The molecule has 0 spiro atoms. The Hall–Kier alpha value is -3.53. The van der Waals surface area contributed by atoms with Gasteiger partial charge in [0.05, 0.1) is 5.25 Å². The molecule has 0 fully saturated rings. The predicted octanol–water partition coefficient (Wildman–Crippen LogP) is 3.54. The minimum Gasteiger partial charge on any atom is -0.454 e. The van der Waals surface area contributed by atoms with Crippen LogP contribution in [0, 0.1) is 0 Å². The monoisotopic (exact) mass is 426 g/mol. The second kappa shape index (κ2) is 8.46. The van der Waals surface area contributed by atoms with Gasteiger partial charge in [-0.1, -0.05) is 11.8 Å². The Morgan fingerprint density at radius 2 is 1.70 bits per heavy atom. The lowest BCUT2D eigenvalue weighted by molar-refractivity contribution is -0.115. The van der Waals surface area contributed by atoms with Gasteiger partial charge in [0.2, 0.25) is 24.5 Å². The van der Waals surface area contributed by atoms with Crippen molar-refractivity contribution in [2.75, 3.05) is 17.4 Å². The molecule has 10 heteroatoms. The van der Waals surface area contributed by atoms with Gasteiger partial charge in [-0.05, 0) is 49.4 Å². The van der Waals surface area contributed by atoms with Crippen LogP contribution in [0.5, 0.6) is 11.5 Å². The molecule has 2 aromatic carbocycles. The highest BCUT2D eigenvalue weighted by Crippen LogP contribution is 2.36. The fraction of sp³-hybridized carbons (Fsp3) is 0.200. The number of benzene rings is 2. The Kier molecular flexibility index (Phi) is 5.57. The molecule has 0 saturated heterocycles. The Balaban J connectivity index is 1.36. The van der Waals surface area contributed by atoms with Gasteiger partial charge in [-0.3, -0.25) is 9.59 Å². The summed E-state index contributed by atoms with van der Waals surface area (Å²) in [5.41, 5.74) is 1.98. The molecule has 154 valence electrons. The third-order valence-electron chi connectivity index (χ3n) is 4.15. The maximum absolute atomic E-state index is 12.5. The van der Waals surface area contributed by atoms with Gasteiger partial charge in [-0.25, -0.2) is 0 Å². The zero-order chi connectivity index (χ0) is 21.1. The van der Waals surface area contributed by atoms with Crippen LogP contribution in [0.4, 0.5) is 11.4 Å². The standard InChI is InChI=1S/C20H18N4O5S/c1-11(18(26)22-15-6-4-14(5-7-15)21-12(2)25)30-20-24-23-19(29-20)13-3-8-16-17(9-13)28-10-27-16/h3-9,11H,10H2,1-2H3,(H,21,25)(H,22,26)/t11-/m1/s1. The number of nitrogens with one attached hydrogen (secondary N) is 2. The highest BCUT2D eigenvalue weighted by atomic mass is 32.2. The van der Waals surface area contributed by atoms with E-state index in [1.54, 1.807) is 49.4 Å². The predicted molar refractivity (Wildman–Crippen MR) is 111 cm³/mol. The summed E-state index contributed by atoms with van der Waals surface area (Å²) < 4.78 is 16.3. The van der Waals surface area contributed by atoms with Crippen molar-refractivity contribution in [3.05, 3.63) is 42.5 Å². The van der Waals surface area contributed by atoms with Crippen LogP contribution in [0.25, 0.3) is 11.5 Å². The first-order valence-corrected chi connectivity index (χ1v) is 9.94. The van der Waals surface area contributed by atoms with Crippen molar-refractivity contribution < 1.29 is 23.5 Å². The summed E-state index contributed by atoms with van der Waals surface area (Å²) in [5.74, 6) is 1.25. The quantitative estimate of drug-likeness (QED) is 0.575. The van der Waals surface area contributed by atoms with Crippen LogP contribution in [0.3, 0.4) is 0 Å². The van der Waals surface area contributed by atoms with E-state index in [-0.39, 0.29) is 23.8 Å². The lowest BCUT2D eigenvalue weighted by atomic mass is 10.2. The van der Waals surface area contributed by atoms with Gasteiger partial charge in [0.25, 0.3) is 5.22 Å². The van der Waals surface area contributed by atoms with Crippen LogP contribution in [0.1, 0.15) is 13.8 Å². The number of ether oxygens (including phenoxy) is 2. The smallest absolute Gasteiger partial charge is 0.277 e. The normalized spacial score (nSPS) is 13.0. The Morgan fingerprint density at radius 1 is 1.00 bits per heavy atom. The van der Waals surface area contributed by atoms with E-state index in [0.717, 1.165) is 11.8 Å². The van der Waals surface area contributed by atoms with Crippen LogP contribution >= 0.6 is 11.8 Å². The number of nitrogens with zero attached hydrogens (tertiary/aromatic N) is 2. The molecule has 2 amide bonds. The summed E-state index contributed by atoms with van der Waals surface area (Å²) in [7, 11) is 0. The number of aromatic nitrogens is 2. The van der Waals surface area contributed by atoms with E-state index in [4.69, 9.17) is 13.9 Å². The van der Waals surface area contributed by atoms with E-state index in [0.29, 0.717) is 34.3 Å². The first-order valence-electron chi connectivity index (χ1n) is 9.06. The molecule has 1 aromatic heterocycles. The van der Waals surface area contributed by atoms with Gasteiger partial charge >= 0.3 is 0 Å². The number of carbonyl (C=O) groups excluding carboxylic acids is 2. The molecule has 9 nitrogen and oxygen atoms in total. The maximum atomic E-state index is 12.5. The molecule has 2 N–H and O–H groups in total. The lowest BCUT2D eigenvalue weighted by Gasteiger charge is -2.10. The lowest BCUT2D eigenvalue weighted by Crippen LogP contribution is -2.22. The topological polar surface area (TPSA) is 116 Å². The molecule has 0 radical (unpaired) electrons. The van der Waals surface area contributed by atoms with Crippen molar-refractivity contribution in [2.24, 2.45) is 0 Å². The van der Waals surface area contributed by atoms with Gasteiger partial charge in [0.1, 0.15) is 0 Å². The molecule has 1 atom stereocenters. The molecule has 0 bridgehead atoms. The molecule has 0 aliphatic carbocycles. The summed E-state index contributed by atoms with van der Waals surface area (Å²) in [6.45, 7) is 3.37. The van der Waals surface area contributed by atoms with Crippen molar-refractivity contribution in [1.82, 2.24) is 10.2 Å². The minimum atomic E-state index is -0.468. The number of anilines is 2. The average molecular weight is 426 g/mol. The highest BCUT2D eigenvalue weighted by molar-refractivity contribution is 8.00. The fourth-order valence-corrected chi connectivity index (χ4v) is 3.38. The van der Waals surface area contributed by atoms with Crippen molar-refractivity contribution in [2.45, 2.75) is 24.3 Å². The SMILES string of the molecule is CC(=O)Nc1ccc(NC(=O)[C@@H](C)Sc2nnc(-c3ccc4c(c3)OCO4)o2)cc1. The minimum absolute atomic E-state index is 0.156. The van der Waals surface area contributed by atoms with Crippen LogP contribution < -0.4 is 20.1 Å². The molecule has 0 unspecified atom stereocenters. The van der Waals surface area contributed by atoms with Crippen molar-refractivity contribution in [3.63, 3.8) is 0 Å². The third-order valence-corrected chi connectivity index (χ3v) is 5.08. The number of carbonyl (C=O) groups is 2. The zero-order valence-corrected chi connectivity index (χ0v) is 17.0. The van der Waals surface area contributed by atoms with Gasteiger partial charge < -0.3 is 24.5 Å². The molecule has 0 saturated carbocycles. The van der Waals surface area contributed by atoms with Gasteiger partial charge in [0, 0.05) is 23.9 Å². The maximum Gasteiger partial charge on any atom is 0.277 e. The summed E-state index contributed by atoms with van der Waals surface area (Å²) in [5, 5.41) is 13.4. The molecule has 1 aliphatic rings. The van der Waals surface area contributed by atoms with Gasteiger partial charge in [-0.15, -0.1) is 10.2 Å². The third kappa shape index (κ3) is 4.54. The van der Waals surface area contributed by atoms with Gasteiger partial charge in [0.15, 0.2) is 11.5 Å². The number of amides is 2. The number of thioether (sulfide) groups is 1. The van der Waals surface area contributed by atoms with Crippen LogP contribution in [-0.2, 0) is 9.59 Å². The Labute approximate surface area is 176 Å². The second-order valence-electron chi connectivity index (χ2n) is 6.45. The molecule has 3 aromatic rings. The number of hydrogen-bond acceptors (Lipinski definition) is 8. The first kappa shape index (κ1) is 19.8. The van der Waals surface area contributed by atoms with Crippen LogP contribution in [-0.4, -0.2) is 34.1 Å². The highest BCUT2D eigenvalue weighted by Gasteiger charge is 2.20. The van der Waals surface area contributed by atoms with Crippen LogP contribution in [0.15, 0.2) is 52.1 Å². The van der Waals surface area contributed by atoms with Gasteiger partial charge in [-0.2, -0.15) is 0 Å². The first-order chi connectivity index (χ1) is 14.5. The van der Waals surface area contributed by atoms with Crippen molar-refractivity contribution in [1.29, 1.82) is 0 Å². The van der Waals surface area contributed by atoms with E-state index in [9.17, 15) is 9.59 Å². The van der Waals surface area contributed by atoms with E-state index in [2.05, 4.69) is 20.8 Å². The van der Waals surface area contributed by atoms with E-state index in [1.807, 2.05) is 0 Å². The second-order valence-corrected chi connectivity index (χ2v) is 7.74. The van der Waals surface area contributed by atoms with Crippen molar-refractivity contribution in [3.8, 4) is 23.0 Å². The molecule has 1 aliphatic heterocycles. The number of rotatable bonds is 6. The van der Waals surface area contributed by atoms with E-state index >= 15 is 0 Å². The summed E-state index contributed by atoms with van der Waals surface area (Å²) >= 11 is 1.16. The molecule has 30 heavy (non-hydrogen) atoms. The molecular weight excluding hydrogens is 408 g/mol. The van der Waals surface area contributed by atoms with Crippen molar-refractivity contribution >= 4 is 35.0 Å². The number of fused-ring (bicyclic) bond motifs is 1. The van der Waals surface area contributed by atoms with E-state index in [1.165, 1.54) is 6.92 Å². The molecule has 4 rings (SSSR count). The Morgan fingerprint density at radius 3 is 2.43 bits per heavy atom.